The summed E-state index contributed by atoms with van der Waals surface area (Å²) in [6, 6.07) is 0. The summed E-state index contributed by atoms with van der Waals surface area (Å²) in [5.41, 5.74) is 5.08. The first-order valence-electron chi connectivity index (χ1n) is 4.70. The fraction of sp³-hybridized carbons (Fsp3) is 0.778. The summed E-state index contributed by atoms with van der Waals surface area (Å²) in [6.07, 6.45) is 4.64. The maximum atomic E-state index is 11.4. The van der Waals surface area contributed by atoms with Gasteiger partial charge < -0.3 is 0 Å². The summed E-state index contributed by atoms with van der Waals surface area (Å²) < 4.78 is 0. The average Bonchev–Trinajstić information content (AvgIpc) is 2.73. The minimum atomic E-state index is -0.225. The summed E-state index contributed by atoms with van der Waals surface area (Å²) in [6.45, 7) is 1.38. The Hall–Kier alpha value is -1.06. The van der Waals surface area contributed by atoms with Crippen LogP contribution in [0, 0.1) is 11.3 Å². The lowest BCUT2D eigenvalue weighted by molar-refractivity contribution is -0.129. The van der Waals surface area contributed by atoms with E-state index in [9.17, 15) is 9.59 Å². The molecule has 0 saturated heterocycles. The number of nitrogens with one attached hydrogen (secondary N) is 2. The van der Waals surface area contributed by atoms with E-state index in [0.29, 0.717) is 5.41 Å². The van der Waals surface area contributed by atoms with E-state index in [4.69, 9.17) is 0 Å². The van der Waals surface area contributed by atoms with E-state index in [1.165, 1.54) is 26.2 Å². The number of carbonyl (C=O) groups is 2. The van der Waals surface area contributed by atoms with Gasteiger partial charge >= 0.3 is 0 Å². The van der Waals surface area contributed by atoms with Crippen LogP contribution in [0.4, 0.5) is 0 Å². The van der Waals surface area contributed by atoms with Gasteiger partial charge in [-0.3, -0.25) is 20.4 Å². The fourth-order valence-corrected chi connectivity index (χ4v) is 2.14. The van der Waals surface area contributed by atoms with Gasteiger partial charge in [-0.25, -0.2) is 0 Å². The van der Waals surface area contributed by atoms with Crippen LogP contribution in [0.5, 0.6) is 0 Å². The van der Waals surface area contributed by atoms with E-state index in [2.05, 4.69) is 10.9 Å². The predicted molar refractivity (Wildman–Crippen MR) is 46.4 cm³/mol. The Labute approximate surface area is 77.0 Å². The molecule has 2 N–H and O–H groups in total. The molecule has 0 unspecified atom stereocenters. The smallest absolute Gasteiger partial charge is 0.242 e. The SMILES string of the molecule is CC(=O)NNC(=O)[C@H]1CC12CCC2. The Morgan fingerprint density at radius 3 is 2.38 bits per heavy atom. The summed E-state index contributed by atoms with van der Waals surface area (Å²) in [5, 5.41) is 0. The zero-order valence-electron chi connectivity index (χ0n) is 7.72. The highest BCUT2D eigenvalue weighted by atomic mass is 16.2. The molecule has 2 aliphatic rings. The largest absolute Gasteiger partial charge is 0.274 e. The van der Waals surface area contributed by atoms with Gasteiger partial charge in [0.25, 0.3) is 0 Å². The fourth-order valence-electron chi connectivity index (χ4n) is 2.14. The Bertz CT molecular complexity index is 258. The molecular formula is C9H14N2O2. The molecule has 2 aliphatic carbocycles. The first-order chi connectivity index (χ1) is 6.14. The summed E-state index contributed by atoms with van der Waals surface area (Å²) in [4.78, 5) is 21.9. The molecule has 2 fully saturated rings. The molecule has 1 spiro atoms. The zero-order valence-corrected chi connectivity index (χ0v) is 7.72. The molecular weight excluding hydrogens is 168 g/mol. The molecule has 0 aromatic heterocycles. The molecule has 13 heavy (non-hydrogen) atoms. The van der Waals surface area contributed by atoms with Crippen molar-refractivity contribution in [3.63, 3.8) is 0 Å². The lowest BCUT2D eigenvalue weighted by Gasteiger charge is -2.26. The van der Waals surface area contributed by atoms with E-state index in [1.54, 1.807) is 0 Å². The second kappa shape index (κ2) is 2.72. The Morgan fingerprint density at radius 2 is 2.00 bits per heavy atom. The van der Waals surface area contributed by atoms with Crippen LogP contribution in [-0.4, -0.2) is 11.8 Å². The van der Waals surface area contributed by atoms with Gasteiger partial charge in [-0.05, 0) is 24.7 Å². The lowest BCUT2D eigenvalue weighted by atomic mass is 9.80. The van der Waals surface area contributed by atoms with E-state index >= 15 is 0 Å². The zero-order chi connectivity index (χ0) is 9.47. The van der Waals surface area contributed by atoms with Crippen LogP contribution in [0.1, 0.15) is 32.6 Å². The van der Waals surface area contributed by atoms with E-state index in [0.717, 1.165) is 6.42 Å². The number of hydrazine groups is 1. The summed E-state index contributed by atoms with van der Waals surface area (Å²) >= 11 is 0. The van der Waals surface area contributed by atoms with Gasteiger partial charge in [-0.15, -0.1) is 0 Å². The molecule has 0 radical (unpaired) electrons. The van der Waals surface area contributed by atoms with E-state index in [-0.39, 0.29) is 17.7 Å². The quantitative estimate of drug-likeness (QED) is 0.575. The van der Waals surface area contributed by atoms with Crippen LogP contribution >= 0.6 is 0 Å². The predicted octanol–water partition coefficient (Wildman–Crippen LogP) is 0.344. The molecule has 2 amide bonds. The minimum Gasteiger partial charge on any atom is -0.274 e. The average molecular weight is 182 g/mol. The summed E-state index contributed by atoms with van der Waals surface area (Å²) in [5.74, 6) is -0.0836. The van der Waals surface area contributed by atoms with Gasteiger partial charge in [0.05, 0.1) is 0 Å². The molecule has 72 valence electrons. The van der Waals surface area contributed by atoms with Crippen LogP contribution in [0.2, 0.25) is 0 Å². The number of amides is 2. The van der Waals surface area contributed by atoms with Gasteiger partial charge in [0.15, 0.2) is 0 Å². The monoisotopic (exact) mass is 182 g/mol. The standard InChI is InChI=1S/C9H14N2O2/c1-6(12)10-11-8(13)7-5-9(7)3-2-4-9/h7H,2-5H2,1H3,(H,10,12)(H,11,13)/t7-/m1/s1. The van der Waals surface area contributed by atoms with Crippen LogP contribution in [0.25, 0.3) is 0 Å². The van der Waals surface area contributed by atoms with E-state index < -0.39 is 0 Å². The Kier molecular flexibility index (Phi) is 1.78. The van der Waals surface area contributed by atoms with E-state index in [1.807, 2.05) is 0 Å². The Balaban J connectivity index is 1.76. The van der Waals surface area contributed by atoms with Gasteiger partial charge in [0, 0.05) is 12.8 Å². The number of hydrogen-bond donors (Lipinski definition) is 2. The van der Waals surface area contributed by atoms with Gasteiger partial charge in [0.1, 0.15) is 0 Å². The molecule has 0 aromatic carbocycles. The van der Waals surface area contributed by atoms with Crippen molar-refractivity contribution < 1.29 is 9.59 Å². The molecule has 0 aliphatic heterocycles. The molecule has 0 aromatic rings. The topological polar surface area (TPSA) is 58.2 Å². The van der Waals surface area contributed by atoms with Crippen molar-refractivity contribution in [3.05, 3.63) is 0 Å². The highest BCUT2D eigenvalue weighted by Crippen LogP contribution is 2.65. The third kappa shape index (κ3) is 1.41. The molecule has 4 heteroatoms. The lowest BCUT2D eigenvalue weighted by Crippen LogP contribution is -2.42. The maximum Gasteiger partial charge on any atom is 0.242 e. The molecule has 1 atom stereocenters. The first-order valence-corrected chi connectivity index (χ1v) is 4.70. The maximum absolute atomic E-state index is 11.4. The van der Waals surface area contributed by atoms with Crippen molar-refractivity contribution in [2.75, 3.05) is 0 Å². The third-order valence-electron chi connectivity index (χ3n) is 3.22. The molecule has 2 saturated carbocycles. The van der Waals surface area contributed by atoms with Crippen molar-refractivity contribution in [1.29, 1.82) is 0 Å². The molecule has 2 rings (SSSR count). The second-order valence-corrected chi connectivity index (χ2v) is 4.14. The van der Waals surface area contributed by atoms with Gasteiger partial charge in [0.2, 0.25) is 11.8 Å². The van der Waals surface area contributed by atoms with Crippen molar-refractivity contribution >= 4 is 11.8 Å². The van der Waals surface area contributed by atoms with Crippen molar-refractivity contribution in [1.82, 2.24) is 10.9 Å². The van der Waals surface area contributed by atoms with Crippen molar-refractivity contribution in [2.24, 2.45) is 11.3 Å². The number of hydrogen-bond acceptors (Lipinski definition) is 2. The van der Waals surface area contributed by atoms with Crippen LogP contribution < -0.4 is 10.9 Å². The van der Waals surface area contributed by atoms with Gasteiger partial charge in [-0.2, -0.15) is 0 Å². The van der Waals surface area contributed by atoms with Crippen molar-refractivity contribution in [3.8, 4) is 0 Å². The minimum absolute atomic E-state index is 0.0186. The highest BCUT2D eigenvalue weighted by molar-refractivity contribution is 5.85. The first kappa shape index (κ1) is 8.53. The Morgan fingerprint density at radius 1 is 1.31 bits per heavy atom. The van der Waals surface area contributed by atoms with Crippen molar-refractivity contribution in [2.45, 2.75) is 32.6 Å². The molecule has 0 heterocycles. The van der Waals surface area contributed by atoms with Crippen LogP contribution in [0.15, 0.2) is 0 Å². The highest BCUT2D eigenvalue weighted by Gasteiger charge is 2.60. The third-order valence-corrected chi connectivity index (χ3v) is 3.22. The number of rotatable bonds is 1. The van der Waals surface area contributed by atoms with Crippen LogP contribution in [0.3, 0.4) is 0 Å². The van der Waals surface area contributed by atoms with Gasteiger partial charge in [-0.1, -0.05) is 6.42 Å². The molecule has 0 bridgehead atoms. The number of carbonyl (C=O) groups excluding carboxylic acids is 2. The normalized spacial score (nSPS) is 27.6. The second-order valence-electron chi connectivity index (χ2n) is 4.14. The molecule has 4 nitrogen and oxygen atoms in total. The summed E-state index contributed by atoms with van der Waals surface area (Å²) in [7, 11) is 0. The van der Waals surface area contributed by atoms with Crippen LogP contribution in [-0.2, 0) is 9.59 Å².